The smallest absolute Gasteiger partial charge is 0.306 e. The molecule has 3 rings (SSSR count). The number of methoxy groups -OCH3 is 2. The molecule has 230 valence electrons. The maximum atomic E-state index is 14.0. The molecule has 0 bridgehead atoms. The van der Waals surface area contributed by atoms with Crippen LogP contribution < -0.4 is 15.6 Å². The van der Waals surface area contributed by atoms with E-state index in [4.69, 9.17) is 33.8 Å². The summed E-state index contributed by atoms with van der Waals surface area (Å²) in [6.07, 6.45) is -1.04. The molecule has 2 aromatic rings. The third-order valence-electron chi connectivity index (χ3n) is 6.34. The molecule has 0 fully saturated rings. The highest BCUT2D eigenvalue weighted by atomic mass is 79.9. The molecule has 11 nitrogen and oxygen atoms in total. The van der Waals surface area contributed by atoms with Crippen molar-refractivity contribution in [1.29, 1.82) is 0 Å². The lowest BCUT2D eigenvalue weighted by molar-refractivity contribution is -0.155. The van der Waals surface area contributed by atoms with Crippen LogP contribution in [0.4, 0.5) is 0 Å². The zero-order chi connectivity index (χ0) is 30.8. The lowest BCUT2D eigenvalue weighted by Crippen LogP contribution is -2.54. The van der Waals surface area contributed by atoms with Gasteiger partial charge in [0.1, 0.15) is 11.4 Å². The van der Waals surface area contributed by atoms with Gasteiger partial charge in [-0.05, 0) is 57.5 Å². The summed E-state index contributed by atoms with van der Waals surface area (Å²) >= 11 is 3.60. The summed E-state index contributed by atoms with van der Waals surface area (Å²) in [5.74, 6) is -0.0992. The predicted molar refractivity (Wildman–Crippen MR) is 160 cm³/mol. The van der Waals surface area contributed by atoms with Crippen LogP contribution in [-0.2, 0) is 28.5 Å². The standard InChI is InChI=1S/C30H40BrN3O8/c1-29(2,3)42-24(36)15-16-30(28(37)34-32-19-25(38-4)39-5)26(22-9-6-7-10-23(22)31)41-27(33-30)20-11-13-21(14-12-20)40-18-8-17-35/h6-7,9-14,25-26,32,35H,8,15-19H2,1-5H3,(H,34,37)/t26-,30-/m0/s1. The second kappa shape index (κ2) is 15.4. The fourth-order valence-electron chi connectivity index (χ4n) is 4.31. The van der Waals surface area contributed by atoms with Gasteiger partial charge in [-0.2, -0.15) is 0 Å². The minimum Gasteiger partial charge on any atom is -0.494 e. The molecular weight excluding hydrogens is 610 g/mol. The molecule has 0 unspecified atom stereocenters. The summed E-state index contributed by atoms with van der Waals surface area (Å²) in [5, 5.41) is 9.01. The number of esters is 1. The van der Waals surface area contributed by atoms with E-state index < -0.39 is 35.4 Å². The average Bonchev–Trinajstić information content (AvgIpc) is 3.35. The number of hydrazine groups is 1. The van der Waals surface area contributed by atoms with Crippen LogP contribution >= 0.6 is 15.9 Å². The predicted octanol–water partition coefficient (Wildman–Crippen LogP) is 3.83. The summed E-state index contributed by atoms with van der Waals surface area (Å²) in [4.78, 5) is 31.8. The van der Waals surface area contributed by atoms with E-state index in [2.05, 4.69) is 26.8 Å². The van der Waals surface area contributed by atoms with E-state index in [1.807, 2.05) is 24.3 Å². The van der Waals surface area contributed by atoms with Crippen LogP contribution in [-0.4, -0.2) is 74.3 Å². The van der Waals surface area contributed by atoms with Crippen LogP contribution in [0.1, 0.15) is 57.3 Å². The van der Waals surface area contributed by atoms with Crippen LogP contribution in [0, 0.1) is 0 Å². The first-order valence-electron chi connectivity index (χ1n) is 13.7. The molecule has 0 aromatic heterocycles. The van der Waals surface area contributed by atoms with Gasteiger partial charge in [0.15, 0.2) is 17.9 Å². The lowest BCUT2D eigenvalue weighted by atomic mass is 9.83. The maximum absolute atomic E-state index is 14.0. The number of benzene rings is 2. The van der Waals surface area contributed by atoms with Crippen LogP contribution in [0.5, 0.6) is 5.75 Å². The molecule has 0 spiro atoms. The largest absolute Gasteiger partial charge is 0.494 e. The summed E-state index contributed by atoms with van der Waals surface area (Å²) in [6.45, 7) is 5.94. The van der Waals surface area contributed by atoms with Crippen LogP contribution in [0.3, 0.4) is 0 Å². The highest BCUT2D eigenvalue weighted by Crippen LogP contribution is 2.45. The highest BCUT2D eigenvalue weighted by Gasteiger charge is 2.54. The minimum absolute atomic E-state index is 0.00522. The van der Waals surface area contributed by atoms with E-state index >= 15 is 0 Å². The molecule has 1 heterocycles. The number of rotatable bonds is 15. The number of halogens is 1. The van der Waals surface area contributed by atoms with Crippen molar-refractivity contribution in [1.82, 2.24) is 10.9 Å². The lowest BCUT2D eigenvalue weighted by Gasteiger charge is -2.31. The second-order valence-corrected chi connectivity index (χ2v) is 11.5. The zero-order valence-electron chi connectivity index (χ0n) is 24.6. The van der Waals surface area contributed by atoms with Crippen molar-refractivity contribution in [2.24, 2.45) is 4.99 Å². The SMILES string of the molecule is COC(CNNC(=O)[C@@]1(CCC(=O)OC(C)(C)C)N=C(c2ccc(OCCCO)cc2)O[C@H]1c1ccccc1Br)OC. The van der Waals surface area contributed by atoms with Crippen LogP contribution in [0.2, 0.25) is 0 Å². The fraction of sp³-hybridized carbons (Fsp3) is 0.500. The molecule has 2 atom stereocenters. The van der Waals surface area contributed by atoms with E-state index in [1.54, 1.807) is 45.0 Å². The summed E-state index contributed by atoms with van der Waals surface area (Å²) < 4.78 is 28.8. The molecule has 0 saturated carbocycles. The number of nitrogens with one attached hydrogen (secondary N) is 2. The van der Waals surface area contributed by atoms with Gasteiger partial charge in [0.2, 0.25) is 5.90 Å². The van der Waals surface area contributed by atoms with Crippen molar-refractivity contribution in [3.8, 4) is 5.75 Å². The number of carbonyl (C=O) groups is 2. The summed E-state index contributed by atoms with van der Waals surface area (Å²) in [5.41, 5.74) is 4.65. The molecule has 0 aliphatic carbocycles. The molecule has 1 aliphatic rings. The Morgan fingerprint density at radius 3 is 2.43 bits per heavy atom. The van der Waals surface area contributed by atoms with Gasteiger partial charge in [-0.15, -0.1) is 0 Å². The van der Waals surface area contributed by atoms with Crippen molar-refractivity contribution in [2.75, 3.05) is 34.0 Å². The van der Waals surface area contributed by atoms with Gasteiger partial charge in [0, 0.05) is 49.3 Å². The third kappa shape index (κ3) is 8.98. The number of carbonyl (C=O) groups excluding carboxylic acids is 2. The Morgan fingerprint density at radius 1 is 1.12 bits per heavy atom. The Hall–Kier alpha value is -3.03. The van der Waals surface area contributed by atoms with Crippen molar-refractivity contribution in [3.63, 3.8) is 0 Å². The van der Waals surface area contributed by atoms with Gasteiger partial charge < -0.3 is 28.8 Å². The van der Waals surface area contributed by atoms with Gasteiger partial charge >= 0.3 is 5.97 Å². The number of aliphatic imine (C=N–C) groups is 1. The Morgan fingerprint density at radius 2 is 1.81 bits per heavy atom. The maximum Gasteiger partial charge on any atom is 0.306 e. The number of ether oxygens (including phenoxy) is 5. The van der Waals surface area contributed by atoms with Crippen molar-refractivity contribution in [3.05, 3.63) is 64.1 Å². The fourth-order valence-corrected chi connectivity index (χ4v) is 4.80. The second-order valence-electron chi connectivity index (χ2n) is 10.6. The zero-order valence-corrected chi connectivity index (χ0v) is 26.2. The number of aliphatic hydroxyl groups excluding tert-OH is 1. The molecule has 0 radical (unpaired) electrons. The number of hydrogen-bond acceptors (Lipinski definition) is 10. The molecule has 42 heavy (non-hydrogen) atoms. The number of aliphatic hydroxyl groups is 1. The quantitative estimate of drug-likeness (QED) is 0.114. The van der Waals surface area contributed by atoms with Crippen LogP contribution in [0.25, 0.3) is 0 Å². The van der Waals surface area contributed by atoms with Crippen LogP contribution in [0.15, 0.2) is 58.0 Å². The number of nitrogens with zero attached hydrogens (tertiary/aromatic N) is 1. The normalized spacial score (nSPS) is 18.4. The molecule has 0 saturated heterocycles. The van der Waals surface area contributed by atoms with E-state index in [-0.39, 0.29) is 31.9 Å². The average molecular weight is 651 g/mol. The Bertz CT molecular complexity index is 1210. The van der Waals surface area contributed by atoms with E-state index in [0.29, 0.717) is 29.9 Å². The van der Waals surface area contributed by atoms with Gasteiger partial charge in [0.25, 0.3) is 5.91 Å². The van der Waals surface area contributed by atoms with Crippen molar-refractivity contribution in [2.45, 2.75) is 63.6 Å². The first-order chi connectivity index (χ1) is 20.0. The van der Waals surface area contributed by atoms with Gasteiger partial charge in [-0.25, -0.2) is 10.4 Å². The van der Waals surface area contributed by atoms with Crippen molar-refractivity contribution < 1.29 is 38.4 Å². The molecule has 3 N–H and O–H groups in total. The molecule has 2 aromatic carbocycles. The summed E-state index contributed by atoms with van der Waals surface area (Å²) in [6, 6.07) is 14.5. The molecule has 1 aliphatic heterocycles. The van der Waals surface area contributed by atoms with E-state index in [0.717, 1.165) is 4.47 Å². The molecule has 12 heteroatoms. The number of amides is 1. The third-order valence-corrected chi connectivity index (χ3v) is 7.07. The Labute approximate surface area is 255 Å². The molecular formula is C30H40BrN3O8. The van der Waals surface area contributed by atoms with Gasteiger partial charge in [-0.1, -0.05) is 34.1 Å². The minimum atomic E-state index is -1.55. The molecule has 1 amide bonds. The topological polar surface area (TPSA) is 137 Å². The number of hydrogen-bond donors (Lipinski definition) is 3. The van der Waals surface area contributed by atoms with Gasteiger partial charge in [0.05, 0.1) is 13.2 Å². The monoisotopic (exact) mass is 649 g/mol. The van der Waals surface area contributed by atoms with E-state index in [9.17, 15) is 9.59 Å². The Balaban J connectivity index is 2.01. The first kappa shape index (κ1) is 33.5. The van der Waals surface area contributed by atoms with Crippen molar-refractivity contribution >= 4 is 33.7 Å². The van der Waals surface area contributed by atoms with Gasteiger partial charge in [-0.3, -0.25) is 15.0 Å². The highest BCUT2D eigenvalue weighted by molar-refractivity contribution is 9.10. The first-order valence-corrected chi connectivity index (χ1v) is 14.5. The Kier molecular flexibility index (Phi) is 12.3. The van der Waals surface area contributed by atoms with E-state index in [1.165, 1.54) is 14.2 Å². The summed E-state index contributed by atoms with van der Waals surface area (Å²) in [7, 11) is 2.99.